The lowest BCUT2D eigenvalue weighted by atomic mass is 10.1. The second-order valence-electron chi connectivity index (χ2n) is 4.70. The van der Waals surface area contributed by atoms with Gasteiger partial charge in [-0.3, -0.25) is 0 Å². The lowest BCUT2D eigenvalue weighted by molar-refractivity contribution is 0.0602. The number of anilines is 3. The van der Waals surface area contributed by atoms with E-state index >= 15 is 0 Å². The highest BCUT2D eigenvalue weighted by Gasteiger charge is 2.15. The number of aromatic nitrogens is 1. The number of nitrogens with one attached hydrogen (secondary N) is 1. The predicted molar refractivity (Wildman–Crippen MR) is 83.8 cm³/mol. The number of carbonyl (C=O) groups excluding carboxylic acids is 1. The van der Waals surface area contributed by atoms with Crippen LogP contribution in [0.1, 0.15) is 28.4 Å². The number of esters is 1. The van der Waals surface area contributed by atoms with Crippen LogP contribution >= 0.6 is 0 Å². The maximum absolute atomic E-state index is 11.7. The molecular weight excluding hydrogens is 266 g/mol. The molecule has 0 saturated carbocycles. The van der Waals surface area contributed by atoms with Gasteiger partial charge in [0, 0.05) is 11.9 Å². The summed E-state index contributed by atoms with van der Waals surface area (Å²) in [6, 6.07) is 7.63. The number of para-hydroxylation sites is 1. The fourth-order valence-corrected chi connectivity index (χ4v) is 2.18. The van der Waals surface area contributed by atoms with Crippen LogP contribution in [-0.2, 0) is 11.2 Å². The monoisotopic (exact) mass is 285 g/mol. The quantitative estimate of drug-likeness (QED) is 0.844. The Hall–Kier alpha value is -2.56. The third-order valence-corrected chi connectivity index (χ3v) is 3.38. The molecule has 0 atom stereocenters. The Morgan fingerprint density at radius 3 is 2.81 bits per heavy atom. The predicted octanol–water partition coefficient (Wildman–Crippen LogP) is 3.06. The summed E-state index contributed by atoms with van der Waals surface area (Å²) in [6.07, 6.45) is 2.43. The molecule has 0 amide bonds. The lowest BCUT2D eigenvalue weighted by Crippen LogP contribution is -2.10. The summed E-state index contributed by atoms with van der Waals surface area (Å²) < 4.78 is 4.72. The van der Waals surface area contributed by atoms with Crippen molar-refractivity contribution >= 4 is 23.2 Å². The molecular formula is C16H19N3O2. The van der Waals surface area contributed by atoms with E-state index in [1.54, 1.807) is 6.07 Å². The average molecular weight is 285 g/mol. The third kappa shape index (κ3) is 2.97. The van der Waals surface area contributed by atoms with Crippen LogP contribution in [0.15, 0.2) is 30.5 Å². The van der Waals surface area contributed by atoms with Crippen molar-refractivity contribution in [1.82, 2.24) is 4.98 Å². The highest BCUT2D eigenvalue weighted by atomic mass is 16.5. The van der Waals surface area contributed by atoms with Crippen LogP contribution in [0, 0.1) is 6.92 Å². The van der Waals surface area contributed by atoms with Crippen molar-refractivity contribution in [3.8, 4) is 0 Å². The Morgan fingerprint density at radius 1 is 1.38 bits per heavy atom. The minimum Gasteiger partial charge on any atom is -0.465 e. The van der Waals surface area contributed by atoms with E-state index in [0.717, 1.165) is 17.7 Å². The number of rotatable bonds is 4. The van der Waals surface area contributed by atoms with Gasteiger partial charge in [-0.15, -0.1) is 0 Å². The highest BCUT2D eigenvalue weighted by Crippen LogP contribution is 2.28. The molecule has 5 heteroatoms. The van der Waals surface area contributed by atoms with Crippen LogP contribution in [0.4, 0.5) is 17.2 Å². The molecule has 5 nitrogen and oxygen atoms in total. The molecule has 0 radical (unpaired) electrons. The fourth-order valence-electron chi connectivity index (χ4n) is 2.18. The van der Waals surface area contributed by atoms with E-state index in [-0.39, 0.29) is 5.69 Å². The maximum Gasteiger partial charge on any atom is 0.340 e. The van der Waals surface area contributed by atoms with E-state index in [2.05, 4.69) is 23.3 Å². The molecule has 1 aromatic heterocycles. The van der Waals surface area contributed by atoms with Gasteiger partial charge >= 0.3 is 5.97 Å². The number of benzene rings is 1. The van der Waals surface area contributed by atoms with Gasteiger partial charge in [0.05, 0.1) is 18.4 Å². The molecule has 0 saturated heterocycles. The van der Waals surface area contributed by atoms with Gasteiger partial charge in [0.1, 0.15) is 0 Å². The summed E-state index contributed by atoms with van der Waals surface area (Å²) in [6.45, 7) is 4.10. The Balaban J connectivity index is 2.44. The number of nitrogens with two attached hydrogens (primary N) is 1. The van der Waals surface area contributed by atoms with Crippen LogP contribution < -0.4 is 11.1 Å². The Kier molecular flexibility index (Phi) is 4.42. The summed E-state index contributed by atoms with van der Waals surface area (Å²) in [5.41, 5.74) is 9.85. The summed E-state index contributed by atoms with van der Waals surface area (Å²) in [5, 5.41) is 3.24. The molecule has 0 fully saturated rings. The zero-order chi connectivity index (χ0) is 15.4. The summed E-state index contributed by atoms with van der Waals surface area (Å²) >= 11 is 0. The smallest absolute Gasteiger partial charge is 0.340 e. The van der Waals surface area contributed by atoms with E-state index in [9.17, 15) is 4.79 Å². The number of nitrogen functional groups attached to an aromatic ring is 1. The van der Waals surface area contributed by atoms with E-state index in [4.69, 9.17) is 10.5 Å². The van der Waals surface area contributed by atoms with Crippen molar-refractivity contribution in [2.75, 3.05) is 18.2 Å². The second-order valence-corrected chi connectivity index (χ2v) is 4.70. The Labute approximate surface area is 124 Å². The minimum atomic E-state index is -0.474. The Bertz CT molecular complexity index is 669. The van der Waals surface area contributed by atoms with Gasteiger partial charge in [0.2, 0.25) is 0 Å². The van der Waals surface area contributed by atoms with Crippen molar-refractivity contribution in [3.05, 3.63) is 47.2 Å². The number of pyridine rings is 1. The van der Waals surface area contributed by atoms with Gasteiger partial charge in [-0.25, -0.2) is 9.78 Å². The molecule has 0 aliphatic carbocycles. The molecule has 0 bridgehead atoms. The van der Waals surface area contributed by atoms with Crippen LogP contribution in [0.2, 0.25) is 0 Å². The van der Waals surface area contributed by atoms with Crippen molar-refractivity contribution in [1.29, 1.82) is 0 Å². The fraction of sp³-hybridized carbons (Fsp3) is 0.250. The number of aryl methyl sites for hydroxylation is 2. The van der Waals surface area contributed by atoms with E-state index in [1.165, 1.54) is 18.9 Å². The van der Waals surface area contributed by atoms with Gasteiger partial charge in [-0.05, 0) is 30.5 Å². The second kappa shape index (κ2) is 6.26. The average Bonchev–Trinajstić information content (AvgIpc) is 2.50. The van der Waals surface area contributed by atoms with E-state index < -0.39 is 5.97 Å². The van der Waals surface area contributed by atoms with Crippen LogP contribution in [-0.4, -0.2) is 18.1 Å². The van der Waals surface area contributed by atoms with Gasteiger partial charge in [0.15, 0.2) is 5.82 Å². The zero-order valence-electron chi connectivity index (χ0n) is 12.4. The first-order valence-electron chi connectivity index (χ1n) is 6.76. The molecule has 21 heavy (non-hydrogen) atoms. The minimum absolute atomic E-state index is 0.287. The largest absolute Gasteiger partial charge is 0.465 e. The SMILES string of the molecule is CCc1cccc(C)c1Nc1nccc(C(=O)OC)c1N. The van der Waals surface area contributed by atoms with Crippen molar-refractivity contribution in [2.24, 2.45) is 0 Å². The van der Waals surface area contributed by atoms with Crippen molar-refractivity contribution < 1.29 is 9.53 Å². The topological polar surface area (TPSA) is 77.2 Å². The molecule has 110 valence electrons. The number of hydrogen-bond acceptors (Lipinski definition) is 5. The zero-order valence-corrected chi connectivity index (χ0v) is 12.4. The first kappa shape index (κ1) is 14.8. The number of carbonyl (C=O) groups is 1. The standard InChI is InChI=1S/C16H19N3O2/c1-4-11-7-5-6-10(2)14(11)19-15-13(17)12(8-9-18-15)16(20)21-3/h5-9H,4,17H2,1-3H3,(H,18,19). The molecule has 2 aromatic rings. The van der Waals surface area contributed by atoms with Crippen LogP contribution in [0.25, 0.3) is 0 Å². The molecule has 2 rings (SSSR count). The third-order valence-electron chi connectivity index (χ3n) is 3.38. The number of hydrogen-bond donors (Lipinski definition) is 2. The maximum atomic E-state index is 11.7. The van der Waals surface area contributed by atoms with Gasteiger partial charge < -0.3 is 15.8 Å². The molecule has 0 aliphatic rings. The van der Waals surface area contributed by atoms with Crippen molar-refractivity contribution in [3.63, 3.8) is 0 Å². The normalized spacial score (nSPS) is 10.2. The molecule has 1 aromatic carbocycles. The summed E-state index contributed by atoms with van der Waals surface area (Å²) in [7, 11) is 1.33. The number of nitrogens with zero attached hydrogens (tertiary/aromatic N) is 1. The van der Waals surface area contributed by atoms with Gasteiger partial charge in [-0.1, -0.05) is 25.1 Å². The van der Waals surface area contributed by atoms with Crippen LogP contribution in [0.3, 0.4) is 0 Å². The molecule has 0 aliphatic heterocycles. The first-order valence-corrected chi connectivity index (χ1v) is 6.76. The van der Waals surface area contributed by atoms with Crippen LogP contribution in [0.5, 0.6) is 0 Å². The highest BCUT2D eigenvalue weighted by molar-refractivity contribution is 5.98. The summed E-state index contributed by atoms with van der Waals surface area (Å²) in [5.74, 6) is -0.0136. The lowest BCUT2D eigenvalue weighted by Gasteiger charge is -2.15. The molecule has 0 unspecified atom stereocenters. The van der Waals surface area contributed by atoms with E-state index in [0.29, 0.717) is 11.4 Å². The number of ether oxygens (including phenoxy) is 1. The van der Waals surface area contributed by atoms with Crippen molar-refractivity contribution in [2.45, 2.75) is 20.3 Å². The van der Waals surface area contributed by atoms with Gasteiger partial charge in [-0.2, -0.15) is 0 Å². The Morgan fingerprint density at radius 2 is 2.14 bits per heavy atom. The number of methoxy groups -OCH3 is 1. The van der Waals surface area contributed by atoms with E-state index in [1.807, 2.05) is 19.1 Å². The first-order chi connectivity index (χ1) is 10.1. The molecule has 0 spiro atoms. The molecule has 3 N–H and O–H groups in total. The molecule has 1 heterocycles. The summed E-state index contributed by atoms with van der Waals surface area (Å²) in [4.78, 5) is 15.9. The van der Waals surface area contributed by atoms with Gasteiger partial charge in [0.25, 0.3) is 0 Å².